The second kappa shape index (κ2) is 9.63. The summed E-state index contributed by atoms with van der Waals surface area (Å²) in [6, 6.07) is 27.6. The van der Waals surface area contributed by atoms with Gasteiger partial charge in [-0.15, -0.1) is 0 Å². The predicted molar refractivity (Wildman–Crippen MR) is 136 cm³/mol. The van der Waals surface area contributed by atoms with Crippen molar-refractivity contribution in [3.8, 4) is 0 Å². The smallest absolute Gasteiger partial charge is 0.240 e. The van der Waals surface area contributed by atoms with Gasteiger partial charge in [0.15, 0.2) is 0 Å². The van der Waals surface area contributed by atoms with E-state index >= 15 is 0 Å². The molecule has 4 aromatic carbocycles. The number of hydrogen-bond acceptors (Lipinski definition) is 3. The van der Waals surface area contributed by atoms with Gasteiger partial charge in [0.05, 0.1) is 11.9 Å². The number of rotatable bonds is 8. The number of nitrogens with zero attached hydrogens (tertiary/aromatic N) is 1. The number of fused-ring (bicyclic) bond motifs is 2. The van der Waals surface area contributed by atoms with Crippen molar-refractivity contribution < 1.29 is 13.2 Å². The topological polar surface area (TPSA) is 66.5 Å². The van der Waals surface area contributed by atoms with Crippen LogP contribution in [-0.2, 0) is 21.2 Å². The number of nitrogens with one attached hydrogen (secondary N) is 1. The van der Waals surface area contributed by atoms with Crippen LogP contribution in [0, 0.1) is 5.92 Å². The van der Waals surface area contributed by atoms with Crippen molar-refractivity contribution in [1.82, 2.24) is 5.32 Å². The van der Waals surface area contributed by atoms with Crippen LogP contribution in [0.2, 0.25) is 0 Å². The molecule has 1 unspecified atom stereocenters. The molecule has 0 bridgehead atoms. The van der Waals surface area contributed by atoms with Crippen LogP contribution in [0.1, 0.15) is 12.5 Å². The number of amides is 1. The Labute approximate surface area is 195 Å². The van der Waals surface area contributed by atoms with Crippen LogP contribution in [-0.4, -0.2) is 33.7 Å². The Kier molecular flexibility index (Phi) is 6.65. The average molecular weight is 461 g/mol. The summed E-state index contributed by atoms with van der Waals surface area (Å²) in [6.45, 7) is 2.30. The van der Waals surface area contributed by atoms with Gasteiger partial charge in [-0.2, -0.15) is 0 Å². The summed E-state index contributed by atoms with van der Waals surface area (Å²) in [4.78, 5) is 12.8. The molecule has 33 heavy (non-hydrogen) atoms. The molecule has 0 saturated carbocycles. The van der Waals surface area contributed by atoms with Gasteiger partial charge in [0.2, 0.25) is 15.9 Å². The van der Waals surface area contributed by atoms with E-state index in [1.165, 1.54) is 20.6 Å². The van der Waals surface area contributed by atoms with Crippen molar-refractivity contribution in [2.45, 2.75) is 13.3 Å². The third-order valence-corrected chi connectivity index (χ3v) is 6.95. The molecule has 4 rings (SSSR count). The number of anilines is 1. The lowest BCUT2D eigenvalue weighted by atomic mass is 9.96. The first-order valence-electron chi connectivity index (χ1n) is 11.0. The molecule has 0 saturated heterocycles. The third-order valence-electron chi connectivity index (χ3n) is 5.82. The molecular formula is C27H28N2O3S. The lowest BCUT2D eigenvalue weighted by Crippen LogP contribution is -2.41. The molecule has 170 valence electrons. The Bertz CT molecular complexity index is 1390. The van der Waals surface area contributed by atoms with Crippen molar-refractivity contribution in [2.75, 3.05) is 23.7 Å². The van der Waals surface area contributed by atoms with Gasteiger partial charge in [0.1, 0.15) is 6.54 Å². The van der Waals surface area contributed by atoms with E-state index in [4.69, 9.17) is 0 Å². The Morgan fingerprint density at radius 1 is 0.848 bits per heavy atom. The Balaban J connectivity index is 1.45. The quantitative estimate of drug-likeness (QED) is 0.412. The fourth-order valence-corrected chi connectivity index (χ4v) is 5.07. The van der Waals surface area contributed by atoms with E-state index < -0.39 is 10.0 Å². The van der Waals surface area contributed by atoms with E-state index in [-0.39, 0.29) is 18.4 Å². The molecule has 1 N–H and O–H groups in total. The molecule has 0 aliphatic carbocycles. The summed E-state index contributed by atoms with van der Waals surface area (Å²) in [5.74, 6) is -0.123. The van der Waals surface area contributed by atoms with Gasteiger partial charge in [-0.05, 0) is 40.1 Å². The Morgan fingerprint density at radius 2 is 1.42 bits per heavy atom. The van der Waals surface area contributed by atoms with E-state index in [1.54, 1.807) is 12.1 Å². The van der Waals surface area contributed by atoms with E-state index in [9.17, 15) is 13.2 Å². The molecule has 0 radical (unpaired) electrons. The highest BCUT2D eigenvalue weighted by molar-refractivity contribution is 7.92. The first-order chi connectivity index (χ1) is 15.8. The van der Waals surface area contributed by atoms with Crippen LogP contribution >= 0.6 is 0 Å². The van der Waals surface area contributed by atoms with Gasteiger partial charge >= 0.3 is 0 Å². The summed E-state index contributed by atoms with van der Waals surface area (Å²) < 4.78 is 26.3. The van der Waals surface area contributed by atoms with E-state index in [0.29, 0.717) is 12.2 Å². The maximum Gasteiger partial charge on any atom is 0.240 e. The zero-order valence-electron chi connectivity index (χ0n) is 18.9. The second-order valence-electron chi connectivity index (χ2n) is 8.52. The Morgan fingerprint density at radius 3 is 2.12 bits per heavy atom. The monoisotopic (exact) mass is 460 g/mol. The van der Waals surface area contributed by atoms with Crippen molar-refractivity contribution in [3.05, 3.63) is 90.5 Å². The highest BCUT2D eigenvalue weighted by atomic mass is 32.2. The molecule has 0 spiro atoms. The molecule has 0 aliphatic rings. The number of carbonyl (C=O) groups is 1. The normalized spacial score (nSPS) is 12.5. The van der Waals surface area contributed by atoms with Crippen LogP contribution in [0.3, 0.4) is 0 Å². The van der Waals surface area contributed by atoms with Crippen molar-refractivity contribution in [3.63, 3.8) is 0 Å². The number of hydrogen-bond donors (Lipinski definition) is 1. The molecule has 4 aromatic rings. The van der Waals surface area contributed by atoms with Crippen molar-refractivity contribution in [2.24, 2.45) is 5.92 Å². The maximum atomic E-state index is 12.8. The number of sulfonamides is 1. The average Bonchev–Trinajstić information content (AvgIpc) is 2.80. The van der Waals surface area contributed by atoms with Crippen LogP contribution in [0.4, 0.5) is 5.69 Å². The van der Waals surface area contributed by atoms with Crippen LogP contribution in [0.5, 0.6) is 0 Å². The van der Waals surface area contributed by atoms with E-state index in [0.717, 1.165) is 23.4 Å². The molecule has 0 fully saturated rings. The lowest BCUT2D eigenvalue weighted by Gasteiger charge is -2.24. The molecule has 0 aliphatic heterocycles. The van der Waals surface area contributed by atoms with Crippen molar-refractivity contribution >= 4 is 43.2 Å². The van der Waals surface area contributed by atoms with Crippen LogP contribution < -0.4 is 9.62 Å². The van der Waals surface area contributed by atoms with E-state index in [1.807, 2.05) is 42.5 Å². The van der Waals surface area contributed by atoms with Crippen molar-refractivity contribution in [1.29, 1.82) is 0 Å². The summed E-state index contributed by atoms with van der Waals surface area (Å²) >= 11 is 0. The zero-order chi connectivity index (χ0) is 23.4. The molecule has 1 amide bonds. The number of carbonyl (C=O) groups excluding carboxylic acids is 1. The molecule has 0 aromatic heterocycles. The van der Waals surface area contributed by atoms with Gasteiger partial charge in [0, 0.05) is 11.9 Å². The van der Waals surface area contributed by atoms with E-state index in [2.05, 4.69) is 42.6 Å². The summed E-state index contributed by atoms with van der Waals surface area (Å²) in [5.41, 5.74) is 1.75. The number of benzene rings is 4. The zero-order valence-corrected chi connectivity index (χ0v) is 19.7. The maximum absolute atomic E-state index is 12.8. The third kappa shape index (κ3) is 5.34. The summed E-state index contributed by atoms with van der Waals surface area (Å²) in [5, 5.41) is 7.06. The van der Waals surface area contributed by atoms with Gasteiger partial charge in [-0.3, -0.25) is 9.10 Å². The van der Waals surface area contributed by atoms with Gasteiger partial charge < -0.3 is 5.32 Å². The van der Waals surface area contributed by atoms with Gasteiger partial charge in [0.25, 0.3) is 0 Å². The highest BCUT2D eigenvalue weighted by Crippen LogP contribution is 2.28. The summed E-state index contributed by atoms with van der Waals surface area (Å²) in [7, 11) is -3.64. The fourth-order valence-electron chi connectivity index (χ4n) is 4.20. The minimum atomic E-state index is -3.64. The minimum Gasteiger partial charge on any atom is -0.354 e. The minimum absolute atomic E-state index is 0.198. The predicted octanol–water partition coefficient (Wildman–Crippen LogP) is 4.75. The van der Waals surface area contributed by atoms with Gasteiger partial charge in [-0.1, -0.05) is 85.8 Å². The molecule has 1 atom stereocenters. The molecule has 6 heteroatoms. The highest BCUT2D eigenvalue weighted by Gasteiger charge is 2.22. The SMILES string of the molecule is CC(CNC(=O)CN(c1cccc2ccccc12)S(C)(=O)=O)Cc1cccc2ccccc12. The first-order valence-corrected chi connectivity index (χ1v) is 12.9. The molecule has 0 heterocycles. The standard InChI is InChI=1S/C27H28N2O3S/c1-20(17-23-13-7-11-21-9-3-5-14-24(21)23)18-28-27(30)19-29(33(2,31)32)26-16-8-12-22-10-4-6-15-25(22)26/h3-16,20H,17-19H2,1-2H3,(H,28,30). The first kappa shape index (κ1) is 22.8. The van der Waals surface area contributed by atoms with Crippen LogP contribution in [0.15, 0.2) is 84.9 Å². The molecule has 5 nitrogen and oxygen atoms in total. The lowest BCUT2D eigenvalue weighted by molar-refractivity contribution is -0.119. The van der Waals surface area contributed by atoms with Crippen LogP contribution in [0.25, 0.3) is 21.5 Å². The molecular weight excluding hydrogens is 432 g/mol. The summed E-state index contributed by atoms with van der Waals surface area (Å²) in [6.07, 6.45) is 1.95. The fraction of sp³-hybridized carbons (Fsp3) is 0.222. The largest absolute Gasteiger partial charge is 0.354 e. The second-order valence-corrected chi connectivity index (χ2v) is 10.4. The van der Waals surface area contributed by atoms with Gasteiger partial charge in [-0.25, -0.2) is 8.42 Å². The Hall–Kier alpha value is -3.38.